The van der Waals surface area contributed by atoms with Crippen LogP contribution in [-0.2, 0) is 11.3 Å². The second-order valence-corrected chi connectivity index (χ2v) is 3.59. The van der Waals surface area contributed by atoms with E-state index in [1.54, 1.807) is 14.2 Å². The van der Waals surface area contributed by atoms with Crippen molar-refractivity contribution >= 4 is 0 Å². The molecular weight excluding hydrogens is 218 g/mol. The molecule has 4 heteroatoms. The van der Waals surface area contributed by atoms with Crippen LogP contribution in [0.4, 0.5) is 0 Å². The zero-order chi connectivity index (χ0) is 12.5. The molecule has 17 heavy (non-hydrogen) atoms. The van der Waals surface area contributed by atoms with Gasteiger partial charge in [0, 0.05) is 25.8 Å². The van der Waals surface area contributed by atoms with Crippen LogP contribution in [0.3, 0.4) is 0 Å². The van der Waals surface area contributed by atoms with E-state index in [1.807, 2.05) is 25.1 Å². The molecule has 0 spiro atoms. The molecule has 4 nitrogen and oxygen atoms in total. The summed E-state index contributed by atoms with van der Waals surface area (Å²) in [5.41, 5.74) is 1.14. The van der Waals surface area contributed by atoms with Crippen LogP contribution in [0.25, 0.3) is 0 Å². The fourth-order valence-electron chi connectivity index (χ4n) is 1.49. The Morgan fingerprint density at radius 2 is 1.71 bits per heavy atom. The first-order chi connectivity index (χ1) is 8.30. The van der Waals surface area contributed by atoms with Crippen molar-refractivity contribution in [1.82, 2.24) is 5.32 Å². The van der Waals surface area contributed by atoms with Gasteiger partial charge in [0.05, 0.1) is 20.8 Å². The summed E-state index contributed by atoms with van der Waals surface area (Å²) in [6, 6.07) is 5.86. The third kappa shape index (κ3) is 5.06. The highest BCUT2D eigenvalue weighted by molar-refractivity contribution is 5.38. The van der Waals surface area contributed by atoms with Crippen LogP contribution in [-0.4, -0.2) is 34.0 Å². The molecule has 0 radical (unpaired) electrons. The molecule has 0 unspecified atom stereocenters. The van der Waals surface area contributed by atoms with E-state index in [1.165, 1.54) is 0 Å². The fourth-order valence-corrected chi connectivity index (χ4v) is 1.49. The average Bonchev–Trinajstić information content (AvgIpc) is 2.38. The Hall–Kier alpha value is -1.26. The summed E-state index contributed by atoms with van der Waals surface area (Å²) in [7, 11) is 3.31. The molecule has 1 rings (SSSR count). The van der Waals surface area contributed by atoms with Crippen molar-refractivity contribution in [2.75, 3.05) is 34.0 Å². The van der Waals surface area contributed by atoms with E-state index < -0.39 is 0 Å². The van der Waals surface area contributed by atoms with Gasteiger partial charge >= 0.3 is 0 Å². The SMILES string of the molecule is CCOCCNCc1cc(OC)cc(OC)c1. The lowest BCUT2D eigenvalue weighted by atomic mass is 10.2. The first-order valence-corrected chi connectivity index (χ1v) is 5.80. The Morgan fingerprint density at radius 3 is 2.24 bits per heavy atom. The molecule has 0 saturated heterocycles. The Labute approximate surface area is 103 Å². The van der Waals surface area contributed by atoms with E-state index in [0.717, 1.165) is 43.4 Å². The zero-order valence-corrected chi connectivity index (χ0v) is 10.8. The maximum Gasteiger partial charge on any atom is 0.122 e. The molecule has 0 aliphatic rings. The molecule has 1 N–H and O–H groups in total. The Bertz CT molecular complexity index is 306. The number of rotatable bonds is 8. The standard InChI is InChI=1S/C13H21NO3/c1-4-17-6-5-14-10-11-7-12(15-2)9-13(8-11)16-3/h7-9,14H,4-6,10H2,1-3H3. The predicted octanol–water partition coefficient (Wildman–Crippen LogP) is 1.83. The molecule has 0 bridgehead atoms. The minimum atomic E-state index is 0.734. The van der Waals surface area contributed by atoms with Crippen molar-refractivity contribution in [3.63, 3.8) is 0 Å². The number of hydrogen-bond acceptors (Lipinski definition) is 4. The van der Waals surface area contributed by atoms with Crippen molar-refractivity contribution in [3.8, 4) is 11.5 Å². The monoisotopic (exact) mass is 239 g/mol. The highest BCUT2D eigenvalue weighted by Gasteiger charge is 2.01. The van der Waals surface area contributed by atoms with Gasteiger partial charge in [-0.15, -0.1) is 0 Å². The van der Waals surface area contributed by atoms with Gasteiger partial charge in [0.15, 0.2) is 0 Å². The molecule has 0 aliphatic carbocycles. The third-order valence-electron chi connectivity index (χ3n) is 2.37. The number of methoxy groups -OCH3 is 2. The lowest BCUT2D eigenvalue weighted by Crippen LogP contribution is -2.19. The van der Waals surface area contributed by atoms with Gasteiger partial charge in [-0.3, -0.25) is 0 Å². The number of ether oxygens (including phenoxy) is 3. The Balaban J connectivity index is 2.46. The van der Waals surface area contributed by atoms with Crippen molar-refractivity contribution in [2.24, 2.45) is 0 Å². The van der Waals surface area contributed by atoms with Crippen LogP contribution in [0.1, 0.15) is 12.5 Å². The van der Waals surface area contributed by atoms with Crippen LogP contribution >= 0.6 is 0 Å². The van der Waals surface area contributed by atoms with Crippen molar-refractivity contribution < 1.29 is 14.2 Å². The smallest absolute Gasteiger partial charge is 0.122 e. The van der Waals surface area contributed by atoms with Crippen LogP contribution in [0, 0.1) is 0 Å². The van der Waals surface area contributed by atoms with E-state index in [4.69, 9.17) is 14.2 Å². The van der Waals surface area contributed by atoms with Gasteiger partial charge in [-0.05, 0) is 24.6 Å². The topological polar surface area (TPSA) is 39.7 Å². The van der Waals surface area contributed by atoms with E-state index in [2.05, 4.69) is 5.32 Å². The lowest BCUT2D eigenvalue weighted by Gasteiger charge is -2.09. The lowest BCUT2D eigenvalue weighted by molar-refractivity contribution is 0.149. The van der Waals surface area contributed by atoms with Gasteiger partial charge in [-0.1, -0.05) is 0 Å². The molecule has 0 heterocycles. The minimum absolute atomic E-state index is 0.734. The Kier molecular flexibility index (Phi) is 6.43. The van der Waals surface area contributed by atoms with E-state index in [0.29, 0.717) is 0 Å². The maximum absolute atomic E-state index is 5.25. The van der Waals surface area contributed by atoms with E-state index in [-0.39, 0.29) is 0 Å². The van der Waals surface area contributed by atoms with Crippen molar-refractivity contribution in [3.05, 3.63) is 23.8 Å². The van der Waals surface area contributed by atoms with Crippen LogP contribution in [0.15, 0.2) is 18.2 Å². The highest BCUT2D eigenvalue weighted by Crippen LogP contribution is 2.22. The second-order valence-electron chi connectivity index (χ2n) is 3.59. The summed E-state index contributed by atoms with van der Waals surface area (Å²) in [6.07, 6.45) is 0. The molecule has 0 amide bonds. The molecule has 0 fully saturated rings. The van der Waals surface area contributed by atoms with Gasteiger partial charge in [-0.25, -0.2) is 0 Å². The molecule has 0 atom stereocenters. The summed E-state index contributed by atoms with van der Waals surface area (Å²) in [5.74, 6) is 1.62. The summed E-state index contributed by atoms with van der Waals surface area (Å²) < 4.78 is 15.7. The van der Waals surface area contributed by atoms with Gasteiger partial charge in [0.2, 0.25) is 0 Å². The van der Waals surface area contributed by atoms with Crippen LogP contribution in [0.2, 0.25) is 0 Å². The molecular formula is C13H21NO3. The first kappa shape index (κ1) is 13.8. The average molecular weight is 239 g/mol. The molecule has 96 valence electrons. The minimum Gasteiger partial charge on any atom is -0.497 e. The molecule has 0 aromatic heterocycles. The summed E-state index contributed by atoms with van der Waals surface area (Å²) >= 11 is 0. The van der Waals surface area contributed by atoms with Crippen LogP contribution in [0.5, 0.6) is 11.5 Å². The van der Waals surface area contributed by atoms with Crippen molar-refractivity contribution in [1.29, 1.82) is 0 Å². The van der Waals surface area contributed by atoms with E-state index >= 15 is 0 Å². The predicted molar refractivity (Wildman–Crippen MR) is 67.7 cm³/mol. The zero-order valence-electron chi connectivity index (χ0n) is 10.8. The van der Waals surface area contributed by atoms with Gasteiger partial charge in [-0.2, -0.15) is 0 Å². The van der Waals surface area contributed by atoms with Gasteiger partial charge in [0.25, 0.3) is 0 Å². The number of benzene rings is 1. The van der Waals surface area contributed by atoms with Gasteiger partial charge in [0.1, 0.15) is 11.5 Å². The Morgan fingerprint density at radius 1 is 1.06 bits per heavy atom. The maximum atomic E-state index is 5.25. The van der Waals surface area contributed by atoms with Gasteiger partial charge < -0.3 is 19.5 Å². The summed E-state index contributed by atoms with van der Waals surface area (Å²) in [4.78, 5) is 0. The normalized spacial score (nSPS) is 10.3. The second kappa shape index (κ2) is 7.92. The molecule has 1 aromatic carbocycles. The number of hydrogen-bond donors (Lipinski definition) is 1. The summed E-state index contributed by atoms with van der Waals surface area (Å²) in [6.45, 7) is 5.10. The fraction of sp³-hybridized carbons (Fsp3) is 0.538. The third-order valence-corrected chi connectivity index (χ3v) is 2.37. The molecule has 0 aliphatic heterocycles. The first-order valence-electron chi connectivity index (χ1n) is 5.80. The quantitative estimate of drug-likeness (QED) is 0.703. The highest BCUT2D eigenvalue weighted by atomic mass is 16.5. The van der Waals surface area contributed by atoms with Crippen molar-refractivity contribution in [2.45, 2.75) is 13.5 Å². The number of nitrogens with one attached hydrogen (secondary N) is 1. The molecule has 0 saturated carbocycles. The largest absolute Gasteiger partial charge is 0.497 e. The van der Waals surface area contributed by atoms with E-state index in [9.17, 15) is 0 Å². The summed E-state index contributed by atoms with van der Waals surface area (Å²) in [5, 5.41) is 3.30. The van der Waals surface area contributed by atoms with Crippen LogP contribution < -0.4 is 14.8 Å². The molecule has 1 aromatic rings.